The van der Waals surface area contributed by atoms with Gasteiger partial charge in [-0.3, -0.25) is 13.8 Å². The van der Waals surface area contributed by atoms with Crippen molar-refractivity contribution < 1.29 is 26.9 Å². The molecule has 0 spiro atoms. The predicted octanol–water partition coefficient (Wildman–Crippen LogP) is -0.579. The third-order valence-corrected chi connectivity index (χ3v) is 3.05. The van der Waals surface area contributed by atoms with Gasteiger partial charge in [-0.05, 0) is 13.3 Å². The zero-order valence-electron chi connectivity index (χ0n) is 10.3. The van der Waals surface area contributed by atoms with Crippen molar-refractivity contribution >= 4 is 22.0 Å². The number of ether oxygens (including phenoxy) is 1. The standard InChI is InChI=1S/C10H17NO6S/c1-3-16-9(12)5-7-4-8(11-10(7)13)6-17-18(2,14)15/h7-8H,3-6H2,1-2H3,(H,11,13)/t7-,8-/m0/s1. The van der Waals surface area contributed by atoms with Crippen LogP contribution < -0.4 is 5.32 Å². The Hall–Kier alpha value is -1.15. The highest BCUT2D eigenvalue weighted by molar-refractivity contribution is 7.85. The Balaban J connectivity index is 2.41. The van der Waals surface area contributed by atoms with Gasteiger partial charge in [-0.25, -0.2) is 0 Å². The van der Waals surface area contributed by atoms with Crippen LogP contribution in [0.3, 0.4) is 0 Å². The molecule has 0 bridgehead atoms. The van der Waals surface area contributed by atoms with Crippen molar-refractivity contribution in [2.24, 2.45) is 5.92 Å². The molecule has 1 fully saturated rings. The molecule has 1 heterocycles. The fourth-order valence-corrected chi connectivity index (χ4v) is 2.15. The van der Waals surface area contributed by atoms with E-state index in [1.54, 1.807) is 6.92 Å². The second kappa shape index (κ2) is 6.14. The summed E-state index contributed by atoms with van der Waals surface area (Å²) in [6, 6.07) is -0.383. The number of amides is 1. The zero-order valence-corrected chi connectivity index (χ0v) is 11.2. The minimum atomic E-state index is -3.52. The number of esters is 1. The molecule has 1 amide bonds. The van der Waals surface area contributed by atoms with E-state index in [1.807, 2.05) is 0 Å². The fourth-order valence-electron chi connectivity index (χ4n) is 1.74. The molecular weight excluding hydrogens is 262 g/mol. The number of rotatable bonds is 6. The van der Waals surface area contributed by atoms with Crippen LogP contribution in [-0.2, 0) is 28.6 Å². The molecule has 8 heteroatoms. The fraction of sp³-hybridized carbons (Fsp3) is 0.800. The molecule has 0 saturated carbocycles. The third-order valence-electron chi connectivity index (χ3n) is 2.49. The molecule has 0 aromatic rings. The maximum Gasteiger partial charge on any atom is 0.306 e. The maximum absolute atomic E-state index is 11.5. The topological polar surface area (TPSA) is 98.8 Å². The molecule has 104 valence electrons. The average molecular weight is 279 g/mol. The molecule has 1 aliphatic rings. The van der Waals surface area contributed by atoms with Crippen LogP contribution in [0.2, 0.25) is 0 Å². The Morgan fingerprint density at radius 1 is 1.50 bits per heavy atom. The van der Waals surface area contributed by atoms with Gasteiger partial charge in [0.1, 0.15) is 0 Å². The van der Waals surface area contributed by atoms with Crippen LogP contribution in [0.25, 0.3) is 0 Å². The maximum atomic E-state index is 11.5. The molecule has 1 N–H and O–H groups in total. The first kappa shape index (κ1) is 14.9. The van der Waals surface area contributed by atoms with Crippen molar-refractivity contribution in [2.45, 2.75) is 25.8 Å². The van der Waals surface area contributed by atoms with Crippen molar-refractivity contribution in [1.29, 1.82) is 0 Å². The van der Waals surface area contributed by atoms with E-state index in [4.69, 9.17) is 4.74 Å². The molecule has 0 aromatic heterocycles. The van der Waals surface area contributed by atoms with E-state index in [9.17, 15) is 18.0 Å². The molecule has 18 heavy (non-hydrogen) atoms. The van der Waals surface area contributed by atoms with Gasteiger partial charge in [-0.15, -0.1) is 0 Å². The molecule has 0 radical (unpaired) electrons. The summed E-state index contributed by atoms with van der Waals surface area (Å²) in [5.74, 6) is -1.18. The third kappa shape index (κ3) is 5.01. The normalized spacial score (nSPS) is 23.8. The van der Waals surface area contributed by atoms with E-state index in [2.05, 4.69) is 9.50 Å². The van der Waals surface area contributed by atoms with Crippen LogP contribution in [0, 0.1) is 5.92 Å². The van der Waals surface area contributed by atoms with E-state index >= 15 is 0 Å². The second-order valence-electron chi connectivity index (χ2n) is 4.14. The van der Waals surface area contributed by atoms with Crippen molar-refractivity contribution in [3.05, 3.63) is 0 Å². The smallest absolute Gasteiger partial charge is 0.306 e. The highest BCUT2D eigenvalue weighted by Crippen LogP contribution is 2.20. The Labute approximate surface area is 106 Å². The largest absolute Gasteiger partial charge is 0.466 e. The molecule has 0 unspecified atom stereocenters. The van der Waals surface area contributed by atoms with Crippen LogP contribution in [0.4, 0.5) is 0 Å². The quantitative estimate of drug-likeness (QED) is 0.516. The van der Waals surface area contributed by atoms with Gasteiger partial charge in [-0.1, -0.05) is 0 Å². The number of carbonyl (C=O) groups is 2. The van der Waals surface area contributed by atoms with E-state index in [0.717, 1.165) is 6.26 Å². The van der Waals surface area contributed by atoms with E-state index in [-0.39, 0.29) is 31.6 Å². The van der Waals surface area contributed by atoms with Crippen molar-refractivity contribution in [1.82, 2.24) is 5.32 Å². The van der Waals surface area contributed by atoms with Crippen molar-refractivity contribution in [2.75, 3.05) is 19.5 Å². The van der Waals surface area contributed by atoms with Gasteiger partial charge in [0.15, 0.2) is 0 Å². The predicted molar refractivity (Wildman–Crippen MR) is 62.1 cm³/mol. The van der Waals surface area contributed by atoms with Crippen LogP contribution in [0.1, 0.15) is 19.8 Å². The number of nitrogens with one attached hydrogen (secondary N) is 1. The monoisotopic (exact) mass is 279 g/mol. The lowest BCUT2D eigenvalue weighted by atomic mass is 10.0. The number of carbonyl (C=O) groups excluding carboxylic acids is 2. The Morgan fingerprint density at radius 3 is 2.72 bits per heavy atom. The summed E-state index contributed by atoms with van der Waals surface area (Å²) in [7, 11) is -3.52. The first-order chi connectivity index (χ1) is 8.31. The lowest BCUT2D eigenvalue weighted by Gasteiger charge is -2.08. The molecule has 1 rings (SSSR count). The van der Waals surface area contributed by atoms with Gasteiger partial charge in [0.05, 0.1) is 37.9 Å². The summed E-state index contributed by atoms with van der Waals surface area (Å²) in [4.78, 5) is 22.8. The Morgan fingerprint density at radius 2 is 2.17 bits per heavy atom. The van der Waals surface area contributed by atoms with Gasteiger partial charge in [0.2, 0.25) is 5.91 Å². The Bertz CT molecular complexity index is 418. The summed E-state index contributed by atoms with van der Waals surface area (Å²) in [6.45, 7) is 1.85. The molecular formula is C10H17NO6S. The highest BCUT2D eigenvalue weighted by atomic mass is 32.2. The zero-order chi connectivity index (χ0) is 13.8. The van der Waals surface area contributed by atoms with Crippen molar-refractivity contribution in [3.63, 3.8) is 0 Å². The lowest BCUT2D eigenvalue weighted by Crippen LogP contribution is -2.31. The molecule has 0 aromatic carbocycles. The minimum absolute atomic E-state index is 0.00898. The van der Waals surface area contributed by atoms with E-state index < -0.39 is 22.0 Å². The van der Waals surface area contributed by atoms with Crippen molar-refractivity contribution in [3.8, 4) is 0 Å². The first-order valence-electron chi connectivity index (χ1n) is 5.62. The minimum Gasteiger partial charge on any atom is -0.466 e. The van der Waals surface area contributed by atoms with Crippen LogP contribution >= 0.6 is 0 Å². The van der Waals surface area contributed by atoms with Gasteiger partial charge in [-0.2, -0.15) is 8.42 Å². The highest BCUT2D eigenvalue weighted by Gasteiger charge is 2.34. The Kier molecular flexibility index (Phi) is 5.09. The van der Waals surface area contributed by atoms with Crippen LogP contribution in [0.5, 0.6) is 0 Å². The molecule has 2 atom stereocenters. The average Bonchev–Trinajstić information content (AvgIpc) is 2.56. The lowest BCUT2D eigenvalue weighted by molar-refractivity contribution is -0.145. The van der Waals surface area contributed by atoms with Gasteiger partial charge < -0.3 is 10.1 Å². The van der Waals surface area contributed by atoms with Crippen LogP contribution in [-0.4, -0.2) is 45.8 Å². The molecule has 1 saturated heterocycles. The van der Waals surface area contributed by atoms with Gasteiger partial charge in [0.25, 0.3) is 10.1 Å². The summed E-state index contributed by atoms with van der Waals surface area (Å²) in [5.41, 5.74) is 0. The van der Waals surface area contributed by atoms with E-state index in [0.29, 0.717) is 6.42 Å². The molecule has 1 aliphatic heterocycles. The summed E-state index contributed by atoms with van der Waals surface area (Å²) >= 11 is 0. The number of hydrogen-bond acceptors (Lipinski definition) is 6. The SMILES string of the molecule is CCOC(=O)C[C@@H]1C[C@@H](COS(C)(=O)=O)NC1=O. The summed E-state index contributed by atoms with van der Waals surface area (Å²) in [6.07, 6.45) is 1.32. The second-order valence-corrected chi connectivity index (χ2v) is 5.78. The first-order valence-corrected chi connectivity index (χ1v) is 7.44. The van der Waals surface area contributed by atoms with E-state index in [1.165, 1.54) is 0 Å². The molecule has 7 nitrogen and oxygen atoms in total. The van der Waals surface area contributed by atoms with Gasteiger partial charge in [0, 0.05) is 0 Å². The summed E-state index contributed by atoms with van der Waals surface area (Å²) in [5, 5.41) is 2.59. The molecule has 0 aliphatic carbocycles. The van der Waals surface area contributed by atoms with Gasteiger partial charge >= 0.3 is 5.97 Å². The summed E-state index contributed by atoms with van der Waals surface area (Å²) < 4.78 is 31.0. The number of hydrogen-bond donors (Lipinski definition) is 1. The van der Waals surface area contributed by atoms with Crippen LogP contribution in [0.15, 0.2) is 0 Å².